The summed E-state index contributed by atoms with van der Waals surface area (Å²) in [4.78, 5) is 5.03. The summed E-state index contributed by atoms with van der Waals surface area (Å²) in [5.74, 6) is 0. The summed E-state index contributed by atoms with van der Waals surface area (Å²) < 4.78 is 4.97. The van der Waals surface area contributed by atoms with Crippen molar-refractivity contribution < 1.29 is 0 Å². The third-order valence-corrected chi connectivity index (χ3v) is 13.0. The maximum Gasteiger partial charge on any atom is 0.0953 e. The Morgan fingerprint density at radius 3 is 1.14 bits per heavy atom. The summed E-state index contributed by atoms with van der Waals surface area (Å²) >= 11 is 0. The van der Waals surface area contributed by atoms with Crippen LogP contribution in [0, 0.1) is 0 Å². The van der Waals surface area contributed by atoms with E-state index in [4.69, 9.17) is 0 Å². The molecule has 4 nitrogen and oxygen atoms in total. The van der Waals surface area contributed by atoms with Crippen molar-refractivity contribution in [2.24, 2.45) is 0 Å². The number of aromatic nitrogens is 2. The molecule has 0 N–H and O–H groups in total. The Labute approximate surface area is 371 Å². The molecule has 3 heterocycles. The molecule has 0 bridgehead atoms. The molecule has 4 heteroatoms. The van der Waals surface area contributed by atoms with Crippen LogP contribution in [-0.4, -0.2) is 9.13 Å². The minimum Gasteiger partial charge on any atom is -0.307 e. The second-order valence-electron chi connectivity index (χ2n) is 16.5. The van der Waals surface area contributed by atoms with Crippen molar-refractivity contribution in [2.75, 3.05) is 9.80 Å². The summed E-state index contributed by atoms with van der Waals surface area (Å²) in [7, 11) is 0. The van der Waals surface area contributed by atoms with Crippen molar-refractivity contribution in [3.8, 4) is 33.6 Å². The Balaban J connectivity index is 1.16. The molecule has 0 fully saturated rings. The van der Waals surface area contributed by atoms with Crippen LogP contribution in [0.4, 0.5) is 34.1 Å². The van der Waals surface area contributed by atoms with Gasteiger partial charge in [0.15, 0.2) is 0 Å². The van der Waals surface area contributed by atoms with Gasteiger partial charge < -0.3 is 18.9 Å². The zero-order chi connectivity index (χ0) is 42.1. The summed E-state index contributed by atoms with van der Waals surface area (Å²) in [5, 5.41) is 4.83. The number of nitrogens with zero attached hydrogens (tertiary/aromatic N) is 4. The average molecular weight is 817 g/mol. The van der Waals surface area contributed by atoms with E-state index < -0.39 is 0 Å². The summed E-state index contributed by atoms with van der Waals surface area (Å²) in [6, 6.07) is 88.3. The predicted molar refractivity (Wildman–Crippen MR) is 269 cm³/mol. The number of anilines is 6. The molecule has 64 heavy (non-hydrogen) atoms. The van der Waals surface area contributed by atoms with Crippen molar-refractivity contribution >= 4 is 77.7 Å². The first-order chi connectivity index (χ1) is 31.8. The van der Waals surface area contributed by atoms with Gasteiger partial charge in [-0.05, 0) is 107 Å². The SMILES string of the molecule is c1ccc(-c2ccc(-n3c4ccccc4c4ccc5c(c43)N(c3ccccc3)c3ccc4c6ccccc6n(-c6cccc(-c7ccccc7)c6)c4c3N5c3ccccc3)cc2)cc1. The van der Waals surface area contributed by atoms with E-state index in [2.05, 4.69) is 262 Å². The first kappa shape index (κ1) is 36.1. The molecule has 0 unspecified atom stereocenters. The molecule has 300 valence electrons. The number of para-hydroxylation sites is 4. The standard InChI is InChI=1S/C60H40N4/c1-5-18-41(19-6-1)43-32-34-47(35-33-43)61-53-30-15-13-28-49(53)51-36-38-55-59(57(51)61)62(45-23-9-3-10-24-45)56-39-37-52-50-29-14-16-31-54(50)64(58(52)60(56)63(55)46-25-11-4-12-26-46)48-27-17-22-44(40-48)42-20-7-2-8-21-42/h1-40H. The molecule has 0 radical (unpaired) electrons. The number of rotatable bonds is 6. The summed E-state index contributed by atoms with van der Waals surface area (Å²) in [6.07, 6.45) is 0. The maximum atomic E-state index is 2.52. The lowest BCUT2D eigenvalue weighted by atomic mass is 10.00. The van der Waals surface area contributed by atoms with Gasteiger partial charge in [-0.15, -0.1) is 0 Å². The fourth-order valence-corrected chi connectivity index (χ4v) is 10.2. The molecule has 0 atom stereocenters. The summed E-state index contributed by atoms with van der Waals surface area (Å²) in [6.45, 7) is 0. The lowest BCUT2D eigenvalue weighted by Gasteiger charge is -2.41. The highest BCUT2D eigenvalue weighted by atomic mass is 15.3. The van der Waals surface area contributed by atoms with Crippen molar-refractivity contribution in [2.45, 2.75) is 0 Å². The highest BCUT2D eigenvalue weighted by molar-refractivity contribution is 6.24. The van der Waals surface area contributed by atoms with E-state index in [9.17, 15) is 0 Å². The normalized spacial score (nSPS) is 12.3. The van der Waals surface area contributed by atoms with E-state index in [1.807, 2.05) is 0 Å². The van der Waals surface area contributed by atoms with Crippen molar-refractivity contribution in [3.63, 3.8) is 0 Å². The Bertz CT molecular complexity index is 3700. The van der Waals surface area contributed by atoms with Gasteiger partial charge >= 0.3 is 0 Å². The molecule has 1 aliphatic heterocycles. The van der Waals surface area contributed by atoms with E-state index >= 15 is 0 Å². The van der Waals surface area contributed by atoms with E-state index in [-0.39, 0.29) is 0 Å². The van der Waals surface area contributed by atoms with Crippen LogP contribution in [0.5, 0.6) is 0 Å². The molecule has 0 spiro atoms. The van der Waals surface area contributed by atoms with Crippen LogP contribution in [0.15, 0.2) is 243 Å². The molecule has 2 aromatic heterocycles. The van der Waals surface area contributed by atoms with Crippen LogP contribution in [0.2, 0.25) is 0 Å². The zero-order valence-corrected chi connectivity index (χ0v) is 34.9. The van der Waals surface area contributed by atoms with Crippen LogP contribution in [-0.2, 0) is 0 Å². The molecule has 13 rings (SSSR count). The van der Waals surface area contributed by atoms with Gasteiger partial charge in [0.1, 0.15) is 0 Å². The molecule has 0 amide bonds. The zero-order valence-electron chi connectivity index (χ0n) is 34.9. The number of benzene rings is 10. The largest absolute Gasteiger partial charge is 0.307 e. The molecule has 10 aromatic carbocycles. The first-order valence-electron chi connectivity index (χ1n) is 21.9. The Morgan fingerprint density at radius 1 is 0.234 bits per heavy atom. The highest BCUT2D eigenvalue weighted by Crippen LogP contribution is 2.60. The third-order valence-electron chi connectivity index (χ3n) is 13.0. The quantitative estimate of drug-likeness (QED) is 0.166. The van der Waals surface area contributed by atoms with E-state index in [0.29, 0.717) is 0 Å². The highest BCUT2D eigenvalue weighted by Gasteiger charge is 2.37. The molecule has 0 saturated heterocycles. The lowest BCUT2D eigenvalue weighted by molar-refractivity contribution is 1.13. The van der Waals surface area contributed by atoms with Crippen LogP contribution < -0.4 is 9.80 Å². The Kier molecular flexibility index (Phi) is 8.18. The van der Waals surface area contributed by atoms with E-state index in [1.165, 1.54) is 43.8 Å². The predicted octanol–water partition coefficient (Wildman–Crippen LogP) is 16.5. The Morgan fingerprint density at radius 2 is 0.625 bits per heavy atom. The number of hydrogen-bond donors (Lipinski definition) is 0. The monoisotopic (exact) mass is 816 g/mol. The van der Waals surface area contributed by atoms with Crippen LogP contribution in [0.3, 0.4) is 0 Å². The first-order valence-corrected chi connectivity index (χ1v) is 21.9. The minimum absolute atomic E-state index is 1.09. The fourth-order valence-electron chi connectivity index (χ4n) is 10.2. The van der Waals surface area contributed by atoms with Gasteiger partial charge in [-0.25, -0.2) is 0 Å². The Hall–Kier alpha value is -8.60. The van der Waals surface area contributed by atoms with E-state index in [0.717, 1.165) is 67.6 Å². The second-order valence-corrected chi connectivity index (χ2v) is 16.5. The minimum atomic E-state index is 1.09. The molecule has 0 saturated carbocycles. The summed E-state index contributed by atoms with van der Waals surface area (Å²) in [5.41, 5.74) is 18.2. The second kappa shape index (κ2) is 14.5. The fraction of sp³-hybridized carbons (Fsp3) is 0. The van der Waals surface area contributed by atoms with Gasteiger partial charge in [0.05, 0.1) is 44.8 Å². The van der Waals surface area contributed by atoms with Gasteiger partial charge in [0, 0.05) is 44.3 Å². The third kappa shape index (κ3) is 5.49. The van der Waals surface area contributed by atoms with Crippen molar-refractivity contribution in [1.82, 2.24) is 9.13 Å². The van der Waals surface area contributed by atoms with Gasteiger partial charge in [-0.3, -0.25) is 0 Å². The molecular weight excluding hydrogens is 777 g/mol. The number of fused-ring (bicyclic) bond motifs is 10. The maximum absolute atomic E-state index is 2.52. The van der Waals surface area contributed by atoms with Crippen LogP contribution >= 0.6 is 0 Å². The van der Waals surface area contributed by atoms with Crippen LogP contribution in [0.25, 0.3) is 77.2 Å². The average Bonchev–Trinajstić information content (AvgIpc) is 3.90. The van der Waals surface area contributed by atoms with Gasteiger partial charge in [-0.1, -0.05) is 158 Å². The van der Waals surface area contributed by atoms with Crippen molar-refractivity contribution in [3.05, 3.63) is 243 Å². The number of hydrogen-bond acceptors (Lipinski definition) is 2. The molecule has 0 aliphatic carbocycles. The molecule has 12 aromatic rings. The smallest absolute Gasteiger partial charge is 0.0953 e. The molecule has 1 aliphatic rings. The topological polar surface area (TPSA) is 16.3 Å². The van der Waals surface area contributed by atoms with Crippen LogP contribution in [0.1, 0.15) is 0 Å². The van der Waals surface area contributed by atoms with Gasteiger partial charge in [-0.2, -0.15) is 0 Å². The molecular formula is C60H40N4. The van der Waals surface area contributed by atoms with E-state index in [1.54, 1.807) is 0 Å². The van der Waals surface area contributed by atoms with Gasteiger partial charge in [0.25, 0.3) is 0 Å². The van der Waals surface area contributed by atoms with Crippen molar-refractivity contribution in [1.29, 1.82) is 0 Å². The van der Waals surface area contributed by atoms with Gasteiger partial charge in [0.2, 0.25) is 0 Å². The lowest BCUT2D eigenvalue weighted by Crippen LogP contribution is -2.25.